The average molecular weight is 481 g/mol. The molecule has 0 N–H and O–H groups in total. The third-order valence-electron chi connectivity index (χ3n) is 7.57. The number of piperidine rings is 1. The highest BCUT2D eigenvalue weighted by atomic mass is 32.2. The second-order valence-corrected chi connectivity index (χ2v) is 10.4. The summed E-state index contributed by atoms with van der Waals surface area (Å²) >= 11 is 1.38. The van der Waals surface area contributed by atoms with E-state index in [0.717, 1.165) is 34.6 Å². The van der Waals surface area contributed by atoms with Gasteiger partial charge in [-0.1, -0.05) is 11.8 Å². The number of fused-ring (bicyclic) bond motifs is 3. The molecule has 1 unspecified atom stereocenters. The molecule has 0 spiro atoms. The lowest BCUT2D eigenvalue weighted by Gasteiger charge is -2.36. The van der Waals surface area contributed by atoms with Crippen molar-refractivity contribution in [2.45, 2.75) is 60.7 Å². The molecule has 6 rings (SSSR count). The average Bonchev–Trinajstić information content (AvgIpc) is 3.51. The standard InChI is InChI=1S/C26H24N8S/c1-16-23(14-31-34(16)22-9-20-5-6-21(10-22)32(20)2)18-8-24(25-19(12-28)13-30-33(25)15-18)35-26-17(11-27)4-3-7-29-26/h3-4,7-8,13-15,20-22H,5-6,9-10H2,1-2H3/t20-,21+,22?. The van der Waals surface area contributed by atoms with Crippen LogP contribution in [0.1, 0.15) is 48.5 Å². The van der Waals surface area contributed by atoms with Crippen LogP contribution in [0.4, 0.5) is 0 Å². The van der Waals surface area contributed by atoms with E-state index in [1.165, 1.54) is 24.6 Å². The van der Waals surface area contributed by atoms with Crippen LogP contribution in [-0.2, 0) is 0 Å². The summed E-state index contributed by atoms with van der Waals surface area (Å²) in [7, 11) is 2.26. The molecule has 9 heteroatoms. The highest BCUT2D eigenvalue weighted by Gasteiger charge is 2.39. The van der Waals surface area contributed by atoms with Gasteiger partial charge in [0.25, 0.3) is 0 Å². The lowest BCUT2D eigenvalue weighted by Crippen LogP contribution is -2.40. The highest BCUT2D eigenvalue weighted by Crippen LogP contribution is 2.41. The largest absolute Gasteiger partial charge is 0.300 e. The smallest absolute Gasteiger partial charge is 0.119 e. The zero-order valence-electron chi connectivity index (χ0n) is 19.6. The molecule has 0 aliphatic carbocycles. The molecule has 0 amide bonds. The summed E-state index contributed by atoms with van der Waals surface area (Å²) in [5.74, 6) is 0. The molecule has 8 nitrogen and oxygen atoms in total. The van der Waals surface area contributed by atoms with Crippen LogP contribution in [0.3, 0.4) is 0 Å². The van der Waals surface area contributed by atoms with E-state index < -0.39 is 0 Å². The molecule has 4 aromatic rings. The summed E-state index contributed by atoms with van der Waals surface area (Å²) in [6.07, 6.45) is 12.0. The number of hydrogen-bond donors (Lipinski definition) is 0. The Morgan fingerprint density at radius 3 is 2.54 bits per heavy atom. The van der Waals surface area contributed by atoms with Crippen molar-refractivity contribution in [2.24, 2.45) is 0 Å². The first-order valence-corrected chi connectivity index (χ1v) is 12.6. The molecular weight excluding hydrogens is 456 g/mol. The van der Waals surface area contributed by atoms with Crippen molar-refractivity contribution >= 4 is 17.3 Å². The molecule has 3 atom stereocenters. The number of rotatable bonds is 4. The van der Waals surface area contributed by atoms with Gasteiger partial charge < -0.3 is 4.90 Å². The van der Waals surface area contributed by atoms with Crippen molar-refractivity contribution in [1.82, 2.24) is 29.3 Å². The topological polar surface area (TPSA) is 98.8 Å². The van der Waals surface area contributed by atoms with E-state index in [-0.39, 0.29) is 0 Å². The van der Waals surface area contributed by atoms with Crippen LogP contribution in [0, 0.1) is 29.6 Å². The van der Waals surface area contributed by atoms with Crippen molar-refractivity contribution in [3.63, 3.8) is 0 Å². The van der Waals surface area contributed by atoms with Gasteiger partial charge in [-0.05, 0) is 57.9 Å². The molecule has 2 aliphatic rings. The molecule has 174 valence electrons. The second kappa shape index (κ2) is 8.53. The van der Waals surface area contributed by atoms with Crippen molar-refractivity contribution < 1.29 is 0 Å². The summed E-state index contributed by atoms with van der Waals surface area (Å²) < 4.78 is 3.96. The molecule has 2 fully saturated rings. The molecule has 2 bridgehead atoms. The van der Waals surface area contributed by atoms with E-state index in [2.05, 4.69) is 51.8 Å². The maximum absolute atomic E-state index is 9.66. The van der Waals surface area contributed by atoms with Crippen LogP contribution >= 0.6 is 11.8 Å². The number of aromatic nitrogens is 5. The predicted molar refractivity (Wildman–Crippen MR) is 132 cm³/mol. The minimum atomic E-state index is 0.414. The van der Waals surface area contributed by atoms with Gasteiger partial charge in [0.2, 0.25) is 0 Å². The van der Waals surface area contributed by atoms with Gasteiger partial charge in [0.05, 0.1) is 35.1 Å². The van der Waals surface area contributed by atoms with Crippen molar-refractivity contribution in [1.29, 1.82) is 10.5 Å². The fourth-order valence-corrected chi connectivity index (χ4v) is 6.74. The molecule has 0 aromatic carbocycles. The Kier molecular flexibility index (Phi) is 5.32. The SMILES string of the molecule is Cc1c(-c2cc(Sc3ncccc3C#N)c3c(C#N)cnn3c2)cnn1C1C[C@H]2CC[C@@H](C1)N2C. The number of nitrogens with zero attached hydrogens (tertiary/aromatic N) is 8. The van der Waals surface area contributed by atoms with Gasteiger partial charge >= 0.3 is 0 Å². The molecule has 6 heterocycles. The van der Waals surface area contributed by atoms with E-state index >= 15 is 0 Å². The second-order valence-electron chi connectivity index (χ2n) is 9.39. The fourth-order valence-electron chi connectivity index (χ4n) is 5.71. The zero-order valence-corrected chi connectivity index (χ0v) is 20.4. The van der Waals surface area contributed by atoms with E-state index in [4.69, 9.17) is 5.10 Å². The van der Waals surface area contributed by atoms with Crippen LogP contribution in [0.15, 0.2) is 52.9 Å². The Labute approximate surface area is 207 Å². The highest BCUT2D eigenvalue weighted by molar-refractivity contribution is 7.99. The number of pyridine rings is 2. The van der Waals surface area contributed by atoms with Crippen molar-refractivity contribution in [3.8, 4) is 23.3 Å². The molecule has 2 aliphatic heterocycles. The molecule has 0 radical (unpaired) electrons. The quantitative estimate of drug-likeness (QED) is 0.421. The van der Waals surface area contributed by atoms with E-state index in [1.54, 1.807) is 29.0 Å². The third kappa shape index (κ3) is 3.59. The molecule has 4 aromatic heterocycles. The summed E-state index contributed by atoms with van der Waals surface area (Å²) in [4.78, 5) is 7.79. The van der Waals surface area contributed by atoms with E-state index in [0.29, 0.717) is 39.8 Å². The monoisotopic (exact) mass is 480 g/mol. The van der Waals surface area contributed by atoms with Gasteiger partial charge in [0.1, 0.15) is 17.2 Å². The Balaban J connectivity index is 1.42. The zero-order chi connectivity index (χ0) is 24.1. The van der Waals surface area contributed by atoms with Crippen LogP contribution in [0.2, 0.25) is 0 Å². The Hall–Kier alpha value is -3.66. The first-order valence-electron chi connectivity index (χ1n) is 11.8. The van der Waals surface area contributed by atoms with Gasteiger partial charge in [-0.2, -0.15) is 20.7 Å². The van der Waals surface area contributed by atoms with Crippen LogP contribution in [-0.4, -0.2) is 48.4 Å². The van der Waals surface area contributed by atoms with Crippen LogP contribution in [0.5, 0.6) is 0 Å². The molecular formula is C26H24N8S. The van der Waals surface area contributed by atoms with Gasteiger partial charge in [-0.25, -0.2) is 9.50 Å². The van der Waals surface area contributed by atoms with Crippen molar-refractivity contribution in [2.75, 3.05) is 7.05 Å². The maximum atomic E-state index is 9.66. The first kappa shape index (κ1) is 21.8. The normalized spacial score (nSPS) is 21.8. The summed E-state index contributed by atoms with van der Waals surface area (Å²) in [6, 6.07) is 11.7. The molecule has 0 saturated carbocycles. The first-order chi connectivity index (χ1) is 17.1. The molecule has 2 saturated heterocycles. The molecule has 35 heavy (non-hydrogen) atoms. The lowest BCUT2D eigenvalue weighted by molar-refractivity contribution is 0.130. The summed E-state index contributed by atoms with van der Waals surface area (Å²) in [5, 5.41) is 29.1. The third-order valence-corrected chi connectivity index (χ3v) is 8.62. The fraction of sp³-hybridized carbons (Fsp3) is 0.346. The van der Waals surface area contributed by atoms with Crippen molar-refractivity contribution in [3.05, 3.63) is 59.8 Å². The van der Waals surface area contributed by atoms with E-state index in [1.807, 2.05) is 12.4 Å². The van der Waals surface area contributed by atoms with Crippen LogP contribution < -0.4 is 0 Å². The minimum Gasteiger partial charge on any atom is -0.300 e. The lowest BCUT2D eigenvalue weighted by atomic mass is 9.97. The van der Waals surface area contributed by atoms with Gasteiger partial charge in [-0.15, -0.1) is 0 Å². The minimum absolute atomic E-state index is 0.414. The Morgan fingerprint density at radius 1 is 1.03 bits per heavy atom. The summed E-state index contributed by atoms with van der Waals surface area (Å²) in [6.45, 7) is 2.13. The summed E-state index contributed by atoms with van der Waals surface area (Å²) in [5.41, 5.74) is 4.87. The number of hydrogen-bond acceptors (Lipinski definition) is 7. The Bertz CT molecular complexity index is 1510. The van der Waals surface area contributed by atoms with E-state index in [9.17, 15) is 10.5 Å². The van der Waals surface area contributed by atoms with Gasteiger partial charge in [0.15, 0.2) is 0 Å². The van der Waals surface area contributed by atoms with Crippen LogP contribution in [0.25, 0.3) is 16.6 Å². The van der Waals surface area contributed by atoms with Gasteiger partial charge in [0, 0.05) is 46.2 Å². The predicted octanol–water partition coefficient (Wildman–Crippen LogP) is 4.59. The Morgan fingerprint density at radius 2 is 1.80 bits per heavy atom. The number of nitriles is 2. The maximum Gasteiger partial charge on any atom is 0.119 e. The van der Waals surface area contributed by atoms with Gasteiger partial charge in [-0.3, -0.25) is 4.68 Å².